The first-order chi connectivity index (χ1) is 15.0. The van der Waals surface area contributed by atoms with Gasteiger partial charge in [0.15, 0.2) is 22.9 Å². The van der Waals surface area contributed by atoms with Crippen molar-refractivity contribution in [1.29, 1.82) is 0 Å². The van der Waals surface area contributed by atoms with E-state index in [-0.39, 0.29) is 23.7 Å². The number of nitrogens with zero attached hydrogens (tertiary/aromatic N) is 2. The fourth-order valence-electron chi connectivity index (χ4n) is 4.30. The first kappa shape index (κ1) is 19.3. The van der Waals surface area contributed by atoms with Crippen LogP contribution >= 0.6 is 0 Å². The zero-order chi connectivity index (χ0) is 21.5. The smallest absolute Gasteiger partial charge is 0.228 e. The lowest BCUT2D eigenvalue weighted by atomic mass is 9.94. The summed E-state index contributed by atoms with van der Waals surface area (Å²) in [5, 5.41) is 5.88. The highest BCUT2D eigenvalue weighted by Crippen LogP contribution is 2.34. The van der Waals surface area contributed by atoms with Gasteiger partial charge in [-0.05, 0) is 49.2 Å². The summed E-state index contributed by atoms with van der Waals surface area (Å²) >= 11 is 0. The molecule has 0 aliphatic heterocycles. The van der Waals surface area contributed by atoms with Crippen molar-refractivity contribution in [3.8, 4) is 0 Å². The molecule has 1 saturated carbocycles. The van der Waals surface area contributed by atoms with Gasteiger partial charge in [-0.2, -0.15) is 0 Å². The number of oxazole rings is 2. The van der Waals surface area contributed by atoms with Crippen molar-refractivity contribution in [3.63, 3.8) is 0 Å². The molecule has 0 bridgehead atoms. The summed E-state index contributed by atoms with van der Waals surface area (Å²) in [6.07, 6.45) is 2.19. The second kappa shape index (κ2) is 7.54. The minimum atomic E-state index is -0.382. The number of anilines is 2. The highest BCUT2D eigenvalue weighted by atomic mass is 16.3. The Balaban J connectivity index is 1.29. The lowest BCUT2D eigenvalue weighted by Crippen LogP contribution is -2.33. The second-order valence-corrected chi connectivity index (χ2v) is 7.95. The fraction of sp³-hybridized carbons (Fsp3) is 0.304. The Labute approximate surface area is 178 Å². The van der Waals surface area contributed by atoms with Gasteiger partial charge in [-0.3, -0.25) is 9.59 Å². The van der Waals surface area contributed by atoms with E-state index in [2.05, 4.69) is 20.6 Å². The third-order valence-corrected chi connectivity index (χ3v) is 5.71. The maximum Gasteiger partial charge on any atom is 0.228 e. The molecule has 0 saturated heterocycles. The Morgan fingerprint density at radius 3 is 1.71 bits per heavy atom. The normalized spacial score (nSPS) is 18.5. The third kappa shape index (κ3) is 3.76. The number of aromatic nitrogens is 2. The molecule has 2 atom stereocenters. The lowest BCUT2D eigenvalue weighted by Gasteiger charge is -2.19. The number of hydrogen-bond donors (Lipinski definition) is 2. The molecule has 31 heavy (non-hydrogen) atoms. The molecule has 2 amide bonds. The zero-order valence-corrected chi connectivity index (χ0v) is 17.3. The number of hydrogen-bond acceptors (Lipinski definition) is 6. The van der Waals surface area contributed by atoms with Gasteiger partial charge in [0.1, 0.15) is 11.0 Å². The van der Waals surface area contributed by atoms with Crippen molar-refractivity contribution < 1.29 is 18.4 Å². The first-order valence-corrected chi connectivity index (χ1v) is 10.3. The van der Waals surface area contributed by atoms with Crippen LogP contribution in [0.2, 0.25) is 0 Å². The molecule has 5 rings (SSSR count). The van der Waals surface area contributed by atoms with Crippen molar-refractivity contribution >= 4 is 45.4 Å². The number of fused-ring (bicyclic) bond motifs is 2. The number of benzene rings is 2. The summed E-state index contributed by atoms with van der Waals surface area (Å²) < 4.78 is 10.9. The summed E-state index contributed by atoms with van der Waals surface area (Å²) in [6, 6.07) is 10.7. The van der Waals surface area contributed by atoms with Crippen LogP contribution in [0.3, 0.4) is 0 Å². The minimum absolute atomic E-state index is 0.153. The molecule has 2 N–H and O–H groups in total. The molecule has 2 heterocycles. The number of carbonyl (C=O) groups is 2. The monoisotopic (exact) mass is 418 g/mol. The SMILES string of the molecule is Cc1nc2cc(NC(=O)[C@H]3CCC[C@H]3C(=O)Nc3ccc4oc(C)nc4c3)ccc2o1. The van der Waals surface area contributed by atoms with E-state index in [4.69, 9.17) is 8.83 Å². The Bertz CT molecular complexity index is 1210. The van der Waals surface area contributed by atoms with Gasteiger partial charge in [0, 0.05) is 37.1 Å². The highest BCUT2D eigenvalue weighted by molar-refractivity contribution is 6.01. The summed E-state index contributed by atoms with van der Waals surface area (Å²) in [5.41, 5.74) is 4.01. The van der Waals surface area contributed by atoms with E-state index in [1.807, 2.05) is 0 Å². The van der Waals surface area contributed by atoms with Crippen LogP contribution in [-0.2, 0) is 9.59 Å². The standard InChI is InChI=1S/C23H22N4O4/c1-12-24-18-10-14(6-8-20(18)30-12)26-22(28)16-4-3-5-17(16)23(29)27-15-7-9-21-19(11-15)25-13(2)31-21/h6-11,16-17H,3-5H2,1-2H3,(H,26,28)(H,27,29)/t16-,17+. The van der Waals surface area contributed by atoms with Crippen LogP contribution in [0.4, 0.5) is 11.4 Å². The van der Waals surface area contributed by atoms with Gasteiger partial charge in [0.25, 0.3) is 0 Å². The third-order valence-electron chi connectivity index (χ3n) is 5.71. The van der Waals surface area contributed by atoms with Crippen molar-refractivity contribution in [2.45, 2.75) is 33.1 Å². The molecular weight excluding hydrogens is 396 g/mol. The molecule has 2 aromatic carbocycles. The van der Waals surface area contributed by atoms with E-state index in [9.17, 15) is 9.59 Å². The van der Waals surface area contributed by atoms with Gasteiger partial charge in [-0.25, -0.2) is 9.97 Å². The van der Waals surface area contributed by atoms with Crippen molar-refractivity contribution in [2.24, 2.45) is 11.8 Å². The number of carbonyl (C=O) groups excluding carboxylic acids is 2. The van der Waals surface area contributed by atoms with Gasteiger partial charge in [0.2, 0.25) is 11.8 Å². The first-order valence-electron chi connectivity index (χ1n) is 10.3. The van der Waals surface area contributed by atoms with E-state index in [0.717, 1.165) is 6.42 Å². The van der Waals surface area contributed by atoms with Crippen LogP contribution in [0, 0.1) is 25.7 Å². The van der Waals surface area contributed by atoms with Crippen LogP contribution in [0.15, 0.2) is 45.2 Å². The Morgan fingerprint density at radius 1 is 0.806 bits per heavy atom. The zero-order valence-electron chi connectivity index (χ0n) is 17.3. The molecule has 8 nitrogen and oxygen atoms in total. The Kier molecular flexibility index (Phi) is 4.69. The molecule has 0 radical (unpaired) electrons. The van der Waals surface area contributed by atoms with E-state index >= 15 is 0 Å². The van der Waals surface area contributed by atoms with E-state index < -0.39 is 0 Å². The molecule has 1 fully saturated rings. The van der Waals surface area contributed by atoms with Crippen molar-refractivity contribution in [3.05, 3.63) is 48.2 Å². The second-order valence-electron chi connectivity index (χ2n) is 7.95. The summed E-state index contributed by atoms with van der Waals surface area (Å²) in [4.78, 5) is 34.5. The summed E-state index contributed by atoms with van der Waals surface area (Å²) in [5.74, 6) is 0.0788. The average molecular weight is 418 g/mol. The molecule has 158 valence electrons. The molecule has 4 aromatic rings. The van der Waals surface area contributed by atoms with Gasteiger partial charge in [-0.1, -0.05) is 6.42 Å². The van der Waals surface area contributed by atoms with Gasteiger partial charge in [-0.15, -0.1) is 0 Å². The van der Waals surface area contributed by atoms with Crippen LogP contribution in [0.1, 0.15) is 31.0 Å². The molecule has 0 spiro atoms. The summed E-state index contributed by atoms with van der Waals surface area (Å²) in [6.45, 7) is 3.56. The Hall–Kier alpha value is -3.68. The number of amides is 2. The predicted octanol–water partition coefficient (Wildman–Crippen LogP) is 4.58. The largest absolute Gasteiger partial charge is 0.441 e. The van der Waals surface area contributed by atoms with E-state index in [1.165, 1.54) is 0 Å². The van der Waals surface area contributed by atoms with Gasteiger partial charge >= 0.3 is 0 Å². The topological polar surface area (TPSA) is 110 Å². The quantitative estimate of drug-likeness (QED) is 0.502. The molecule has 0 unspecified atom stereocenters. The average Bonchev–Trinajstić information content (AvgIpc) is 3.43. The van der Waals surface area contributed by atoms with Crippen molar-refractivity contribution in [2.75, 3.05) is 10.6 Å². The number of aryl methyl sites for hydroxylation is 2. The van der Waals surface area contributed by atoms with Gasteiger partial charge in [0.05, 0.1) is 0 Å². The predicted molar refractivity (Wildman–Crippen MR) is 116 cm³/mol. The highest BCUT2D eigenvalue weighted by Gasteiger charge is 2.37. The summed E-state index contributed by atoms with van der Waals surface area (Å²) in [7, 11) is 0. The minimum Gasteiger partial charge on any atom is -0.441 e. The van der Waals surface area contributed by atoms with E-state index in [0.29, 0.717) is 58.2 Å². The molecular formula is C23H22N4O4. The molecule has 2 aromatic heterocycles. The molecule has 1 aliphatic rings. The van der Waals surface area contributed by atoms with Crippen LogP contribution < -0.4 is 10.6 Å². The molecule has 1 aliphatic carbocycles. The van der Waals surface area contributed by atoms with Crippen LogP contribution in [0.5, 0.6) is 0 Å². The fourth-order valence-corrected chi connectivity index (χ4v) is 4.30. The lowest BCUT2D eigenvalue weighted by molar-refractivity contribution is -0.128. The van der Waals surface area contributed by atoms with Crippen LogP contribution in [0.25, 0.3) is 22.2 Å². The van der Waals surface area contributed by atoms with Crippen LogP contribution in [-0.4, -0.2) is 21.8 Å². The maximum absolute atomic E-state index is 12.9. The maximum atomic E-state index is 12.9. The van der Waals surface area contributed by atoms with E-state index in [1.54, 1.807) is 50.2 Å². The number of nitrogens with one attached hydrogen (secondary N) is 2. The Morgan fingerprint density at radius 2 is 1.26 bits per heavy atom. The van der Waals surface area contributed by atoms with Gasteiger partial charge < -0.3 is 19.5 Å². The van der Waals surface area contributed by atoms with Crippen molar-refractivity contribution in [1.82, 2.24) is 9.97 Å². The number of rotatable bonds is 4. The molecule has 8 heteroatoms.